The second kappa shape index (κ2) is 11.2. The summed E-state index contributed by atoms with van der Waals surface area (Å²) >= 11 is 6.00. The van der Waals surface area contributed by atoms with Crippen LogP contribution in [0.3, 0.4) is 0 Å². The highest BCUT2D eigenvalue weighted by atomic mass is 32.1. The number of anilines is 1. The highest BCUT2D eigenvalue weighted by Gasteiger charge is 2.42. The maximum Gasteiger partial charge on any atom is 0.174 e. The third-order valence-electron chi connectivity index (χ3n) is 7.91. The summed E-state index contributed by atoms with van der Waals surface area (Å²) in [6, 6.07) is 32.7. The second-order valence-electron chi connectivity index (χ2n) is 10.5. The monoisotopic (exact) mass is 558 g/mol. The van der Waals surface area contributed by atoms with Gasteiger partial charge in [0.15, 0.2) is 5.11 Å². The minimum absolute atomic E-state index is 0.0904. The average molecular weight is 559 g/mol. The zero-order valence-electron chi connectivity index (χ0n) is 23.8. The lowest BCUT2D eigenvalue weighted by molar-refractivity contribution is 0.482. The fourth-order valence-electron chi connectivity index (χ4n) is 6.00. The Bertz CT molecular complexity index is 1680. The lowest BCUT2D eigenvalue weighted by Gasteiger charge is -2.28. The molecule has 6 heteroatoms. The van der Waals surface area contributed by atoms with Crippen LogP contribution >= 0.6 is 12.2 Å². The Labute approximate surface area is 247 Å². The van der Waals surface area contributed by atoms with Gasteiger partial charge in [-0.25, -0.2) is 0 Å². The molecule has 2 atom stereocenters. The van der Waals surface area contributed by atoms with Crippen molar-refractivity contribution in [3.8, 4) is 17.2 Å². The molecule has 0 spiro atoms. The van der Waals surface area contributed by atoms with E-state index in [9.17, 15) is 0 Å². The molecule has 5 nitrogen and oxygen atoms in total. The number of hydrogen-bond acceptors (Lipinski definition) is 3. The summed E-state index contributed by atoms with van der Waals surface area (Å²) in [7, 11) is 0. The highest BCUT2D eigenvalue weighted by molar-refractivity contribution is 7.80. The van der Waals surface area contributed by atoms with Crippen molar-refractivity contribution in [2.75, 3.05) is 4.90 Å². The van der Waals surface area contributed by atoms with Crippen molar-refractivity contribution in [2.24, 2.45) is 0 Å². The SMILES string of the molecule is CCc1cccc(C)c1-n1c(C)cc(C2C(c3ccccn3)NC(=S)N2c2ccc(Oc3ccccc3)cc2)c1C. The molecule has 1 N–H and O–H groups in total. The number of benzene rings is 3. The van der Waals surface area contributed by atoms with Crippen LogP contribution in [-0.2, 0) is 6.42 Å². The fraction of sp³-hybridized carbons (Fsp3) is 0.200. The molecule has 0 amide bonds. The molecule has 2 unspecified atom stereocenters. The molecule has 0 saturated carbocycles. The zero-order chi connectivity index (χ0) is 28.5. The van der Waals surface area contributed by atoms with E-state index in [1.54, 1.807) is 0 Å². The Morgan fingerprint density at radius 2 is 1.59 bits per heavy atom. The topological polar surface area (TPSA) is 42.3 Å². The van der Waals surface area contributed by atoms with E-state index in [4.69, 9.17) is 21.9 Å². The average Bonchev–Trinajstić information content (AvgIpc) is 3.49. The van der Waals surface area contributed by atoms with Gasteiger partial charge in [-0.1, -0.05) is 49.4 Å². The van der Waals surface area contributed by atoms with Crippen LogP contribution in [-0.4, -0.2) is 14.7 Å². The number of nitrogens with zero attached hydrogens (tertiary/aromatic N) is 3. The Balaban J connectivity index is 1.45. The molecule has 1 aliphatic heterocycles. The first-order valence-corrected chi connectivity index (χ1v) is 14.5. The maximum atomic E-state index is 6.06. The summed E-state index contributed by atoms with van der Waals surface area (Å²) in [5, 5.41) is 4.28. The number of nitrogens with one attached hydrogen (secondary N) is 1. The Hall–Kier alpha value is -4.42. The first-order chi connectivity index (χ1) is 20.0. The summed E-state index contributed by atoms with van der Waals surface area (Å²) in [6.45, 7) is 8.83. The van der Waals surface area contributed by atoms with Crippen LogP contribution in [0.4, 0.5) is 5.69 Å². The van der Waals surface area contributed by atoms with Crippen LogP contribution in [0.5, 0.6) is 11.5 Å². The van der Waals surface area contributed by atoms with Crippen LogP contribution < -0.4 is 15.0 Å². The normalized spacial score (nSPS) is 16.6. The number of para-hydroxylation sites is 2. The van der Waals surface area contributed by atoms with Crippen molar-refractivity contribution in [2.45, 2.75) is 46.2 Å². The summed E-state index contributed by atoms with van der Waals surface area (Å²) < 4.78 is 8.48. The summed E-state index contributed by atoms with van der Waals surface area (Å²) in [6.07, 6.45) is 2.82. The molecule has 6 rings (SSSR count). The van der Waals surface area contributed by atoms with Gasteiger partial charge in [-0.2, -0.15) is 0 Å². The molecular weight excluding hydrogens is 524 g/mol. The predicted molar refractivity (Wildman–Crippen MR) is 170 cm³/mol. The van der Waals surface area contributed by atoms with E-state index < -0.39 is 0 Å². The molecule has 3 heterocycles. The standard InChI is InChI=1S/C35H34N4OS/c1-5-26-13-11-12-23(2)33(26)38-24(3)22-30(25(38)4)34-32(31-16-9-10-21-36-31)37-35(41)39(34)27-17-19-29(20-18-27)40-28-14-7-6-8-15-28/h6-22,32,34H,5H2,1-4H3,(H,37,41). The van der Waals surface area contributed by atoms with E-state index in [2.05, 4.69) is 84.9 Å². The first-order valence-electron chi connectivity index (χ1n) is 14.1. The Morgan fingerprint density at radius 3 is 2.29 bits per heavy atom. The van der Waals surface area contributed by atoms with Crippen molar-refractivity contribution in [1.82, 2.24) is 14.9 Å². The molecule has 2 aromatic heterocycles. The van der Waals surface area contributed by atoms with E-state index in [0.717, 1.165) is 29.3 Å². The van der Waals surface area contributed by atoms with Gasteiger partial charge in [0.05, 0.1) is 23.5 Å². The van der Waals surface area contributed by atoms with Gasteiger partial charge in [-0.15, -0.1) is 0 Å². The second-order valence-corrected chi connectivity index (χ2v) is 10.9. The Morgan fingerprint density at radius 1 is 0.854 bits per heavy atom. The molecule has 0 bridgehead atoms. The van der Waals surface area contributed by atoms with E-state index in [1.807, 2.05) is 60.8 Å². The lowest BCUT2D eigenvalue weighted by atomic mass is 9.96. The number of aryl methyl sites for hydroxylation is 3. The van der Waals surface area contributed by atoms with Crippen LogP contribution in [0.15, 0.2) is 103 Å². The number of hydrogen-bond donors (Lipinski definition) is 1. The smallest absolute Gasteiger partial charge is 0.174 e. The van der Waals surface area contributed by atoms with Crippen molar-refractivity contribution in [3.05, 3.63) is 137 Å². The highest BCUT2D eigenvalue weighted by Crippen LogP contribution is 2.44. The van der Waals surface area contributed by atoms with E-state index in [1.165, 1.54) is 33.8 Å². The quantitative estimate of drug-likeness (QED) is 0.203. The number of rotatable bonds is 7. The predicted octanol–water partition coefficient (Wildman–Crippen LogP) is 8.33. The van der Waals surface area contributed by atoms with Crippen LogP contribution in [0, 0.1) is 20.8 Å². The molecule has 3 aromatic carbocycles. The van der Waals surface area contributed by atoms with Gasteiger partial charge in [0.2, 0.25) is 0 Å². The molecule has 1 fully saturated rings. The van der Waals surface area contributed by atoms with Crippen molar-refractivity contribution in [1.29, 1.82) is 0 Å². The largest absolute Gasteiger partial charge is 0.457 e. The van der Waals surface area contributed by atoms with Crippen molar-refractivity contribution >= 4 is 23.0 Å². The van der Waals surface area contributed by atoms with Gasteiger partial charge in [0.25, 0.3) is 0 Å². The van der Waals surface area contributed by atoms with Crippen LogP contribution in [0.25, 0.3) is 5.69 Å². The number of pyridine rings is 1. The first kappa shape index (κ1) is 26.8. The Kier molecular flexibility index (Phi) is 7.33. The zero-order valence-corrected chi connectivity index (χ0v) is 24.7. The summed E-state index contributed by atoms with van der Waals surface area (Å²) in [5.41, 5.74) is 9.47. The lowest BCUT2D eigenvalue weighted by Crippen LogP contribution is -2.29. The molecule has 206 valence electrons. The van der Waals surface area contributed by atoms with Gasteiger partial charge in [0.1, 0.15) is 11.5 Å². The molecule has 5 aromatic rings. The third kappa shape index (κ3) is 5.00. The fourth-order valence-corrected chi connectivity index (χ4v) is 6.35. The number of aromatic nitrogens is 2. The van der Waals surface area contributed by atoms with Gasteiger partial charge in [-0.05, 0) is 111 Å². The minimum Gasteiger partial charge on any atom is -0.457 e. The summed E-state index contributed by atoms with van der Waals surface area (Å²) in [5.74, 6) is 1.59. The van der Waals surface area contributed by atoms with E-state index in [-0.39, 0.29) is 12.1 Å². The molecule has 41 heavy (non-hydrogen) atoms. The minimum atomic E-state index is -0.111. The van der Waals surface area contributed by atoms with Crippen molar-refractivity contribution < 1.29 is 4.74 Å². The molecular formula is C35H34N4OS. The van der Waals surface area contributed by atoms with Gasteiger partial charge >= 0.3 is 0 Å². The molecule has 0 radical (unpaired) electrons. The summed E-state index contributed by atoms with van der Waals surface area (Å²) in [4.78, 5) is 6.97. The van der Waals surface area contributed by atoms with E-state index in [0.29, 0.717) is 5.11 Å². The van der Waals surface area contributed by atoms with Crippen molar-refractivity contribution in [3.63, 3.8) is 0 Å². The van der Waals surface area contributed by atoms with Gasteiger partial charge in [0, 0.05) is 23.3 Å². The number of ether oxygens (including phenoxy) is 1. The van der Waals surface area contributed by atoms with E-state index >= 15 is 0 Å². The number of thiocarbonyl (C=S) groups is 1. The molecule has 1 saturated heterocycles. The van der Waals surface area contributed by atoms with Crippen LogP contribution in [0.1, 0.15) is 52.8 Å². The molecule has 0 aliphatic carbocycles. The molecule has 1 aliphatic rings. The third-order valence-corrected chi connectivity index (χ3v) is 8.22. The van der Waals surface area contributed by atoms with Crippen LogP contribution in [0.2, 0.25) is 0 Å². The van der Waals surface area contributed by atoms with Gasteiger partial charge in [-0.3, -0.25) is 4.98 Å². The van der Waals surface area contributed by atoms with Gasteiger partial charge < -0.3 is 19.5 Å². The maximum absolute atomic E-state index is 6.06.